The number of fused-ring (bicyclic) bond motifs is 1. The van der Waals surface area contributed by atoms with Gasteiger partial charge in [-0.05, 0) is 67.1 Å². The third-order valence-corrected chi connectivity index (χ3v) is 7.19. The first-order chi connectivity index (χ1) is 16.1. The molecule has 3 aromatic rings. The predicted molar refractivity (Wildman–Crippen MR) is 126 cm³/mol. The van der Waals surface area contributed by atoms with E-state index < -0.39 is 21.9 Å². The number of methoxy groups -OCH3 is 1. The van der Waals surface area contributed by atoms with Crippen molar-refractivity contribution in [2.75, 3.05) is 23.5 Å². The van der Waals surface area contributed by atoms with Gasteiger partial charge in [-0.2, -0.15) is 0 Å². The Kier molecular flexibility index (Phi) is 6.11. The van der Waals surface area contributed by atoms with E-state index in [4.69, 9.17) is 26.2 Å². The molecule has 0 radical (unpaired) electrons. The zero-order valence-corrected chi connectivity index (χ0v) is 19.6. The number of amides is 1. The minimum atomic E-state index is -4.14. The molecule has 0 bridgehead atoms. The lowest BCUT2D eigenvalue weighted by Gasteiger charge is -2.19. The lowest BCUT2D eigenvalue weighted by molar-refractivity contribution is 0.0696. The number of carboxylic acid groups (broad SMARTS) is 1. The number of rotatable bonds is 6. The maximum absolute atomic E-state index is 13.5. The standard InChI is InChI=1S/C23H19ClN2O7S/c1-13-9-15(22(27)25-17-6-3-14(4-7-17)23(28)29)10-18-21(13)33-12-26(18)34(30,31)20-11-16(24)5-8-19(20)32-2/h3-11H,12H2,1-2H3,(H,25,27)(H,28,29). The van der Waals surface area contributed by atoms with Crippen molar-refractivity contribution < 1.29 is 32.6 Å². The van der Waals surface area contributed by atoms with E-state index in [-0.39, 0.29) is 39.2 Å². The van der Waals surface area contributed by atoms with Crippen LogP contribution in [-0.2, 0) is 10.0 Å². The van der Waals surface area contributed by atoms with Crippen molar-refractivity contribution in [1.29, 1.82) is 0 Å². The Morgan fingerprint density at radius 2 is 1.79 bits per heavy atom. The molecule has 11 heteroatoms. The number of nitrogens with zero attached hydrogens (tertiary/aromatic N) is 1. The highest BCUT2D eigenvalue weighted by Gasteiger charge is 2.36. The minimum Gasteiger partial charge on any atom is -0.495 e. The SMILES string of the molecule is COc1ccc(Cl)cc1S(=O)(=O)N1COc2c(C)cc(C(=O)Nc3ccc(C(=O)O)cc3)cc21. The number of aromatic carboxylic acids is 1. The second kappa shape index (κ2) is 8.88. The normalized spacial score (nSPS) is 12.6. The molecule has 2 N–H and O–H groups in total. The average Bonchev–Trinajstić information content (AvgIpc) is 3.25. The zero-order valence-electron chi connectivity index (χ0n) is 18.0. The van der Waals surface area contributed by atoms with Gasteiger partial charge in [-0.25, -0.2) is 17.5 Å². The number of anilines is 2. The summed E-state index contributed by atoms with van der Waals surface area (Å²) in [5, 5.41) is 11.9. The third-order valence-electron chi connectivity index (χ3n) is 5.20. The van der Waals surface area contributed by atoms with Gasteiger partial charge in [-0.15, -0.1) is 0 Å². The number of hydrogen-bond acceptors (Lipinski definition) is 6. The summed E-state index contributed by atoms with van der Waals surface area (Å²) in [7, 11) is -2.78. The van der Waals surface area contributed by atoms with Crippen molar-refractivity contribution in [2.45, 2.75) is 11.8 Å². The van der Waals surface area contributed by atoms with Crippen molar-refractivity contribution in [3.8, 4) is 11.5 Å². The number of aryl methyl sites for hydroxylation is 1. The maximum atomic E-state index is 13.5. The number of carboxylic acids is 1. The van der Waals surface area contributed by atoms with Crippen molar-refractivity contribution in [3.63, 3.8) is 0 Å². The number of carbonyl (C=O) groups excluding carboxylic acids is 1. The molecule has 34 heavy (non-hydrogen) atoms. The first kappa shape index (κ1) is 23.4. The fourth-order valence-electron chi connectivity index (χ4n) is 3.52. The van der Waals surface area contributed by atoms with E-state index >= 15 is 0 Å². The fourth-order valence-corrected chi connectivity index (χ4v) is 5.26. The Balaban J connectivity index is 1.68. The molecule has 0 unspecified atom stereocenters. The number of carbonyl (C=O) groups is 2. The van der Waals surface area contributed by atoms with Crippen LogP contribution in [-0.4, -0.2) is 39.2 Å². The van der Waals surface area contributed by atoms with Crippen LogP contribution in [0, 0.1) is 6.92 Å². The first-order valence-corrected chi connectivity index (χ1v) is 11.7. The molecule has 1 aliphatic rings. The van der Waals surface area contributed by atoms with E-state index in [9.17, 15) is 18.0 Å². The molecule has 1 amide bonds. The van der Waals surface area contributed by atoms with E-state index in [1.165, 1.54) is 55.6 Å². The first-order valence-electron chi connectivity index (χ1n) is 9.90. The van der Waals surface area contributed by atoms with Crippen LogP contribution >= 0.6 is 11.6 Å². The summed E-state index contributed by atoms with van der Waals surface area (Å²) < 4.78 is 38.8. The van der Waals surface area contributed by atoms with Gasteiger partial charge in [0.25, 0.3) is 15.9 Å². The highest BCUT2D eigenvalue weighted by Crippen LogP contribution is 2.42. The molecule has 0 fully saturated rings. The van der Waals surface area contributed by atoms with Gasteiger partial charge in [-0.1, -0.05) is 11.6 Å². The molecule has 0 saturated heterocycles. The molecule has 1 heterocycles. The summed E-state index contributed by atoms with van der Waals surface area (Å²) in [6, 6.07) is 12.9. The number of ether oxygens (including phenoxy) is 2. The Bertz CT molecular complexity index is 1410. The van der Waals surface area contributed by atoms with E-state index in [1.54, 1.807) is 13.0 Å². The molecule has 0 spiro atoms. The van der Waals surface area contributed by atoms with Gasteiger partial charge in [0.05, 0.1) is 18.4 Å². The Morgan fingerprint density at radius 3 is 2.44 bits per heavy atom. The Hall–Kier alpha value is -3.76. The Labute approximate surface area is 200 Å². The second-order valence-corrected chi connectivity index (χ2v) is 9.67. The van der Waals surface area contributed by atoms with Crippen molar-refractivity contribution in [2.24, 2.45) is 0 Å². The van der Waals surface area contributed by atoms with Crippen LogP contribution in [0.1, 0.15) is 26.3 Å². The van der Waals surface area contributed by atoms with Crippen LogP contribution in [0.2, 0.25) is 5.02 Å². The molecule has 3 aromatic carbocycles. The van der Waals surface area contributed by atoms with Crippen molar-refractivity contribution >= 4 is 44.9 Å². The van der Waals surface area contributed by atoms with Crippen LogP contribution < -0.4 is 19.1 Å². The lowest BCUT2D eigenvalue weighted by atomic mass is 10.1. The molecular formula is C23H19ClN2O7S. The molecule has 0 saturated carbocycles. The number of hydrogen-bond donors (Lipinski definition) is 2. The summed E-state index contributed by atoms with van der Waals surface area (Å²) in [6.45, 7) is 1.42. The smallest absolute Gasteiger partial charge is 0.335 e. The quantitative estimate of drug-likeness (QED) is 0.519. The summed E-state index contributed by atoms with van der Waals surface area (Å²) in [5.74, 6) is -1.12. The molecule has 0 aliphatic carbocycles. The van der Waals surface area contributed by atoms with Crippen LogP contribution in [0.15, 0.2) is 59.5 Å². The fraction of sp³-hybridized carbons (Fsp3) is 0.130. The summed E-state index contributed by atoms with van der Waals surface area (Å²) in [4.78, 5) is 23.8. The molecule has 176 valence electrons. The molecule has 1 aliphatic heterocycles. The monoisotopic (exact) mass is 502 g/mol. The topological polar surface area (TPSA) is 122 Å². The molecule has 0 atom stereocenters. The predicted octanol–water partition coefficient (Wildman–Crippen LogP) is 4.15. The Morgan fingerprint density at radius 1 is 1.09 bits per heavy atom. The zero-order chi connectivity index (χ0) is 24.6. The van der Waals surface area contributed by atoms with Gasteiger partial charge >= 0.3 is 5.97 Å². The number of sulfonamides is 1. The van der Waals surface area contributed by atoms with E-state index in [2.05, 4.69) is 5.32 Å². The summed E-state index contributed by atoms with van der Waals surface area (Å²) >= 11 is 6.03. The second-order valence-electron chi connectivity index (χ2n) is 7.40. The molecule has 9 nitrogen and oxygen atoms in total. The number of nitrogens with one attached hydrogen (secondary N) is 1. The summed E-state index contributed by atoms with van der Waals surface area (Å²) in [5.41, 5.74) is 1.44. The van der Waals surface area contributed by atoms with E-state index in [1.807, 2.05) is 0 Å². The van der Waals surface area contributed by atoms with Gasteiger partial charge in [0.15, 0.2) is 6.73 Å². The summed E-state index contributed by atoms with van der Waals surface area (Å²) in [6.07, 6.45) is 0. The number of benzene rings is 3. The number of halogens is 1. The van der Waals surface area contributed by atoms with Gasteiger partial charge < -0.3 is 19.9 Å². The van der Waals surface area contributed by atoms with Gasteiger partial charge in [0.1, 0.15) is 16.4 Å². The maximum Gasteiger partial charge on any atom is 0.335 e. The van der Waals surface area contributed by atoms with Crippen LogP contribution in [0.4, 0.5) is 11.4 Å². The van der Waals surface area contributed by atoms with Crippen LogP contribution in [0.25, 0.3) is 0 Å². The lowest BCUT2D eigenvalue weighted by Crippen LogP contribution is -2.30. The largest absolute Gasteiger partial charge is 0.495 e. The van der Waals surface area contributed by atoms with Crippen molar-refractivity contribution in [1.82, 2.24) is 0 Å². The minimum absolute atomic E-state index is 0.0841. The third kappa shape index (κ3) is 4.25. The van der Waals surface area contributed by atoms with Gasteiger partial charge in [0, 0.05) is 16.3 Å². The van der Waals surface area contributed by atoms with Crippen LogP contribution in [0.5, 0.6) is 11.5 Å². The van der Waals surface area contributed by atoms with Crippen LogP contribution in [0.3, 0.4) is 0 Å². The molecular weight excluding hydrogens is 484 g/mol. The highest BCUT2D eigenvalue weighted by atomic mass is 35.5. The van der Waals surface area contributed by atoms with Gasteiger partial charge in [-0.3, -0.25) is 4.79 Å². The molecule has 0 aromatic heterocycles. The van der Waals surface area contributed by atoms with E-state index in [0.29, 0.717) is 17.0 Å². The highest BCUT2D eigenvalue weighted by molar-refractivity contribution is 7.93. The van der Waals surface area contributed by atoms with Gasteiger partial charge in [0.2, 0.25) is 0 Å². The van der Waals surface area contributed by atoms with Crippen molar-refractivity contribution in [3.05, 3.63) is 76.3 Å². The average molecular weight is 503 g/mol. The van der Waals surface area contributed by atoms with E-state index in [0.717, 1.165) is 4.31 Å². The molecule has 4 rings (SSSR count).